The highest BCUT2D eigenvalue weighted by atomic mass is 16.6. The van der Waals surface area contributed by atoms with Crippen molar-refractivity contribution in [1.82, 2.24) is 9.78 Å². The number of fused-ring (bicyclic) bond motifs is 1. The monoisotopic (exact) mass is 257 g/mol. The van der Waals surface area contributed by atoms with Crippen molar-refractivity contribution in [1.29, 1.82) is 0 Å². The molecule has 1 aliphatic carbocycles. The smallest absolute Gasteiger partial charge is 0.163 e. The molecule has 19 heavy (non-hydrogen) atoms. The molecule has 0 radical (unpaired) electrons. The van der Waals surface area contributed by atoms with E-state index in [1.807, 2.05) is 23.0 Å². The molecule has 2 aromatic rings. The van der Waals surface area contributed by atoms with Crippen molar-refractivity contribution in [3.8, 4) is 17.2 Å². The Kier molecular flexibility index (Phi) is 2.21. The van der Waals surface area contributed by atoms with Gasteiger partial charge in [-0.15, -0.1) is 0 Å². The standard InChI is InChI=1S/C14H15N3O2/c15-10-7-13-14(19-6-5-18-13)8-12(10)17-4-3-11(16-17)9-1-2-9/h3-4,7-9H,1-2,5-6,15H2. The molecule has 1 fully saturated rings. The Labute approximate surface area is 110 Å². The Morgan fingerprint density at radius 3 is 2.63 bits per heavy atom. The van der Waals surface area contributed by atoms with Crippen molar-refractivity contribution >= 4 is 5.69 Å². The molecule has 0 amide bonds. The van der Waals surface area contributed by atoms with Crippen molar-refractivity contribution in [2.45, 2.75) is 18.8 Å². The van der Waals surface area contributed by atoms with E-state index >= 15 is 0 Å². The summed E-state index contributed by atoms with van der Waals surface area (Å²) in [7, 11) is 0. The summed E-state index contributed by atoms with van der Waals surface area (Å²) in [4.78, 5) is 0. The lowest BCUT2D eigenvalue weighted by molar-refractivity contribution is 0.171. The van der Waals surface area contributed by atoms with Crippen LogP contribution in [0.25, 0.3) is 5.69 Å². The molecule has 5 heteroatoms. The normalized spacial score (nSPS) is 17.5. The number of nitrogens with two attached hydrogens (primary N) is 1. The van der Waals surface area contributed by atoms with Crippen LogP contribution in [-0.4, -0.2) is 23.0 Å². The summed E-state index contributed by atoms with van der Waals surface area (Å²) in [6, 6.07) is 5.77. The van der Waals surface area contributed by atoms with Crippen LogP contribution in [0, 0.1) is 0 Å². The SMILES string of the molecule is Nc1cc2c(cc1-n1ccc(C3CC3)n1)OCCO2. The van der Waals surface area contributed by atoms with Gasteiger partial charge >= 0.3 is 0 Å². The third kappa shape index (κ3) is 1.82. The molecular weight excluding hydrogens is 242 g/mol. The second-order valence-electron chi connectivity index (χ2n) is 5.01. The molecule has 1 saturated carbocycles. The summed E-state index contributed by atoms with van der Waals surface area (Å²) in [6.45, 7) is 1.14. The van der Waals surface area contributed by atoms with E-state index in [0.29, 0.717) is 30.6 Å². The quantitative estimate of drug-likeness (QED) is 0.837. The molecule has 1 aliphatic heterocycles. The summed E-state index contributed by atoms with van der Waals surface area (Å²) in [5.74, 6) is 2.08. The van der Waals surface area contributed by atoms with Gasteiger partial charge in [0.1, 0.15) is 13.2 Å². The van der Waals surface area contributed by atoms with Crippen molar-refractivity contribution < 1.29 is 9.47 Å². The van der Waals surface area contributed by atoms with Crippen LogP contribution in [0.1, 0.15) is 24.5 Å². The second kappa shape index (κ2) is 3.91. The first-order valence-corrected chi connectivity index (χ1v) is 6.56. The summed E-state index contributed by atoms with van der Waals surface area (Å²) < 4.78 is 12.9. The molecule has 0 spiro atoms. The fourth-order valence-corrected chi connectivity index (χ4v) is 2.36. The number of hydrogen-bond donors (Lipinski definition) is 1. The van der Waals surface area contributed by atoms with Crippen LogP contribution in [0.4, 0.5) is 5.69 Å². The van der Waals surface area contributed by atoms with Gasteiger partial charge in [0.2, 0.25) is 0 Å². The van der Waals surface area contributed by atoms with Crippen LogP contribution in [0.3, 0.4) is 0 Å². The highest BCUT2D eigenvalue weighted by Gasteiger charge is 2.26. The van der Waals surface area contributed by atoms with Crippen LogP contribution < -0.4 is 15.2 Å². The molecule has 0 atom stereocenters. The van der Waals surface area contributed by atoms with Crippen LogP contribution >= 0.6 is 0 Å². The average Bonchev–Trinajstić information content (AvgIpc) is 3.16. The Morgan fingerprint density at radius 2 is 1.89 bits per heavy atom. The van der Waals surface area contributed by atoms with E-state index in [9.17, 15) is 0 Å². The van der Waals surface area contributed by atoms with Gasteiger partial charge in [0, 0.05) is 24.2 Å². The minimum atomic E-state index is 0.569. The van der Waals surface area contributed by atoms with E-state index in [4.69, 9.17) is 15.2 Å². The number of nitrogen functional groups attached to an aromatic ring is 1. The molecule has 1 aromatic carbocycles. The van der Waals surface area contributed by atoms with Gasteiger partial charge in [-0.25, -0.2) is 4.68 Å². The molecular formula is C14H15N3O2. The zero-order chi connectivity index (χ0) is 12.8. The number of hydrogen-bond acceptors (Lipinski definition) is 4. The average molecular weight is 257 g/mol. The minimum Gasteiger partial charge on any atom is -0.486 e. The van der Waals surface area contributed by atoms with E-state index in [1.165, 1.54) is 12.8 Å². The maximum Gasteiger partial charge on any atom is 0.163 e. The summed E-state index contributed by atoms with van der Waals surface area (Å²) in [5.41, 5.74) is 8.72. The van der Waals surface area contributed by atoms with Gasteiger partial charge in [0.25, 0.3) is 0 Å². The fourth-order valence-electron chi connectivity index (χ4n) is 2.36. The van der Waals surface area contributed by atoms with Gasteiger partial charge in [-0.3, -0.25) is 0 Å². The Morgan fingerprint density at radius 1 is 1.16 bits per heavy atom. The van der Waals surface area contributed by atoms with Crippen LogP contribution in [0.2, 0.25) is 0 Å². The molecule has 2 heterocycles. The molecule has 0 bridgehead atoms. The molecule has 5 nitrogen and oxygen atoms in total. The molecule has 98 valence electrons. The van der Waals surface area contributed by atoms with Crippen LogP contribution in [0.5, 0.6) is 11.5 Å². The van der Waals surface area contributed by atoms with E-state index in [0.717, 1.165) is 17.1 Å². The van der Waals surface area contributed by atoms with E-state index in [1.54, 1.807) is 0 Å². The van der Waals surface area contributed by atoms with Gasteiger partial charge in [-0.05, 0) is 18.9 Å². The molecule has 2 N–H and O–H groups in total. The number of ether oxygens (including phenoxy) is 2. The van der Waals surface area contributed by atoms with E-state index in [-0.39, 0.29) is 0 Å². The molecule has 2 aliphatic rings. The van der Waals surface area contributed by atoms with Crippen molar-refractivity contribution in [2.24, 2.45) is 0 Å². The largest absolute Gasteiger partial charge is 0.486 e. The predicted octanol–water partition coefficient (Wildman–Crippen LogP) is 2.10. The Bertz CT molecular complexity index is 632. The second-order valence-corrected chi connectivity index (χ2v) is 5.01. The molecule has 0 unspecified atom stereocenters. The maximum atomic E-state index is 6.08. The summed E-state index contributed by atoms with van der Waals surface area (Å²) in [6.07, 6.45) is 4.44. The van der Waals surface area contributed by atoms with Crippen molar-refractivity contribution in [3.05, 3.63) is 30.1 Å². The third-order valence-corrected chi connectivity index (χ3v) is 3.54. The van der Waals surface area contributed by atoms with Crippen LogP contribution in [0.15, 0.2) is 24.4 Å². The number of rotatable bonds is 2. The van der Waals surface area contributed by atoms with Crippen molar-refractivity contribution in [2.75, 3.05) is 18.9 Å². The lowest BCUT2D eigenvalue weighted by Crippen LogP contribution is -2.16. The molecule has 1 aromatic heterocycles. The first-order chi connectivity index (χ1) is 9.31. The first kappa shape index (κ1) is 10.7. The molecule has 4 rings (SSSR count). The Hall–Kier alpha value is -2.17. The lowest BCUT2D eigenvalue weighted by Gasteiger charge is -2.20. The Balaban J connectivity index is 1.76. The maximum absolute atomic E-state index is 6.08. The summed E-state index contributed by atoms with van der Waals surface area (Å²) in [5, 5.41) is 4.59. The summed E-state index contributed by atoms with van der Waals surface area (Å²) >= 11 is 0. The van der Waals surface area contributed by atoms with Crippen LogP contribution in [-0.2, 0) is 0 Å². The third-order valence-electron chi connectivity index (χ3n) is 3.54. The zero-order valence-corrected chi connectivity index (χ0v) is 10.5. The number of aromatic nitrogens is 2. The van der Waals surface area contributed by atoms with Gasteiger partial charge in [-0.2, -0.15) is 5.10 Å². The number of nitrogens with zero attached hydrogens (tertiary/aromatic N) is 2. The number of benzene rings is 1. The van der Waals surface area contributed by atoms with E-state index < -0.39 is 0 Å². The van der Waals surface area contributed by atoms with Gasteiger partial charge in [0.05, 0.1) is 17.1 Å². The van der Waals surface area contributed by atoms with Crippen molar-refractivity contribution in [3.63, 3.8) is 0 Å². The highest BCUT2D eigenvalue weighted by molar-refractivity contribution is 5.65. The number of anilines is 1. The van der Waals surface area contributed by atoms with Gasteiger partial charge < -0.3 is 15.2 Å². The lowest BCUT2D eigenvalue weighted by atomic mass is 10.2. The van der Waals surface area contributed by atoms with E-state index in [2.05, 4.69) is 11.2 Å². The molecule has 0 saturated heterocycles. The first-order valence-electron chi connectivity index (χ1n) is 6.56. The van der Waals surface area contributed by atoms with Gasteiger partial charge in [0.15, 0.2) is 11.5 Å². The fraction of sp³-hybridized carbons (Fsp3) is 0.357. The highest BCUT2D eigenvalue weighted by Crippen LogP contribution is 2.40. The predicted molar refractivity (Wildman–Crippen MR) is 70.9 cm³/mol. The zero-order valence-electron chi connectivity index (χ0n) is 10.5. The topological polar surface area (TPSA) is 62.3 Å². The van der Waals surface area contributed by atoms with Gasteiger partial charge in [-0.1, -0.05) is 0 Å². The minimum absolute atomic E-state index is 0.569.